The second kappa shape index (κ2) is 5.70. The van der Waals surface area contributed by atoms with Gasteiger partial charge in [0, 0.05) is 12.6 Å². The van der Waals surface area contributed by atoms with Crippen LogP contribution >= 0.6 is 12.4 Å². The van der Waals surface area contributed by atoms with E-state index in [1.54, 1.807) is 0 Å². The van der Waals surface area contributed by atoms with Gasteiger partial charge in [0.15, 0.2) is 0 Å². The number of halogens is 1. The molecule has 96 valence electrons. The number of rotatable bonds is 2. The van der Waals surface area contributed by atoms with Gasteiger partial charge in [-0.2, -0.15) is 0 Å². The first-order valence-corrected chi connectivity index (χ1v) is 6.21. The van der Waals surface area contributed by atoms with Crippen molar-refractivity contribution in [3.8, 4) is 0 Å². The summed E-state index contributed by atoms with van der Waals surface area (Å²) in [6.07, 6.45) is 1.69. The van der Waals surface area contributed by atoms with Crippen LogP contribution in [0.2, 0.25) is 0 Å². The summed E-state index contributed by atoms with van der Waals surface area (Å²) >= 11 is 0. The predicted molar refractivity (Wildman–Crippen MR) is 77.3 cm³/mol. The molecule has 2 N–H and O–H groups in total. The second-order valence-electron chi connectivity index (χ2n) is 4.84. The van der Waals surface area contributed by atoms with Crippen molar-refractivity contribution in [2.24, 2.45) is 0 Å². The van der Waals surface area contributed by atoms with Gasteiger partial charge in [0.1, 0.15) is 0 Å². The fourth-order valence-corrected chi connectivity index (χ4v) is 2.69. The fourth-order valence-electron chi connectivity index (χ4n) is 2.69. The molecule has 18 heavy (non-hydrogen) atoms. The maximum atomic E-state index is 9.53. The second-order valence-corrected chi connectivity index (χ2v) is 4.84. The summed E-state index contributed by atoms with van der Waals surface area (Å²) in [6.45, 7) is 0.732. The highest BCUT2D eigenvalue weighted by atomic mass is 35.5. The molecule has 0 bridgehead atoms. The Morgan fingerprint density at radius 2 is 1.89 bits per heavy atom. The van der Waals surface area contributed by atoms with Crippen molar-refractivity contribution >= 4 is 23.2 Å². The molecular weight excluding hydrogens is 246 g/mol. The number of benzene rings is 2. The summed E-state index contributed by atoms with van der Waals surface area (Å²) < 4.78 is 0. The molecule has 2 nitrogen and oxygen atoms in total. The van der Waals surface area contributed by atoms with Crippen molar-refractivity contribution < 1.29 is 5.11 Å². The third-order valence-corrected chi connectivity index (χ3v) is 3.54. The average Bonchev–Trinajstić information content (AvgIpc) is 2.75. The van der Waals surface area contributed by atoms with Crippen molar-refractivity contribution in [3.63, 3.8) is 0 Å². The first kappa shape index (κ1) is 13.3. The van der Waals surface area contributed by atoms with E-state index in [9.17, 15) is 5.11 Å². The van der Waals surface area contributed by atoms with E-state index in [0.29, 0.717) is 6.04 Å². The Labute approximate surface area is 113 Å². The zero-order chi connectivity index (χ0) is 11.7. The number of β-amino-alcohol motifs (C(OH)–C–C–N with tert-alkyl or cyclic N) is 1. The van der Waals surface area contributed by atoms with Crippen LogP contribution in [-0.2, 0) is 6.42 Å². The molecule has 0 aromatic heterocycles. The van der Waals surface area contributed by atoms with E-state index in [0.717, 1.165) is 19.4 Å². The van der Waals surface area contributed by atoms with Gasteiger partial charge >= 0.3 is 0 Å². The lowest BCUT2D eigenvalue weighted by molar-refractivity contribution is 0.193. The van der Waals surface area contributed by atoms with Crippen LogP contribution in [0.25, 0.3) is 10.8 Å². The number of hydrogen-bond acceptors (Lipinski definition) is 2. The average molecular weight is 264 g/mol. The normalized spacial score (nSPS) is 22.9. The Hall–Kier alpha value is -1.09. The topological polar surface area (TPSA) is 32.3 Å². The first-order chi connectivity index (χ1) is 8.33. The monoisotopic (exact) mass is 263 g/mol. The molecule has 2 aromatic rings. The largest absolute Gasteiger partial charge is 0.392 e. The van der Waals surface area contributed by atoms with Gasteiger partial charge in [0.25, 0.3) is 0 Å². The fraction of sp³-hybridized carbons (Fsp3) is 0.333. The summed E-state index contributed by atoms with van der Waals surface area (Å²) in [6, 6.07) is 15.3. The summed E-state index contributed by atoms with van der Waals surface area (Å²) in [5.74, 6) is 0. The van der Waals surface area contributed by atoms with Crippen molar-refractivity contribution in [1.29, 1.82) is 0 Å². The minimum atomic E-state index is -0.171. The van der Waals surface area contributed by atoms with Gasteiger partial charge in [-0.1, -0.05) is 42.5 Å². The lowest BCUT2D eigenvalue weighted by Gasteiger charge is -2.12. The Morgan fingerprint density at radius 3 is 2.67 bits per heavy atom. The molecule has 1 aliphatic rings. The number of nitrogens with one attached hydrogen (secondary N) is 1. The lowest BCUT2D eigenvalue weighted by Crippen LogP contribution is -2.23. The minimum Gasteiger partial charge on any atom is -0.392 e. The third kappa shape index (κ3) is 2.66. The molecule has 2 atom stereocenters. The highest BCUT2D eigenvalue weighted by Crippen LogP contribution is 2.21. The van der Waals surface area contributed by atoms with Gasteiger partial charge in [-0.15, -0.1) is 12.4 Å². The number of aliphatic hydroxyl groups excluding tert-OH is 1. The van der Waals surface area contributed by atoms with Crippen LogP contribution in [0.1, 0.15) is 12.0 Å². The van der Waals surface area contributed by atoms with Crippen LogP contribution in [0, 0.1) is 0 Å². The van der Waals surface area contributed by atoms with Gasteiger partial charge in [-0.05, 0) is 29.2 Å². The molecule has 2 aromatic carbocycles. The van der Waals surface area contributed by atoms with Crippen LogP contribution in [0.5, 0.6) is 0 Å². The van der Waals surface area contributed by atoms with Gasteiger partial charge in [0.05, 0.1) is 6.10 Å². The van der Waals surface area contributed by atoms with Crippen LogP contribution in [-0.4, -0.2) is 23.8 Å². The maximum absolute atomic E-state index is 9.53. The Bertz CT molecular complexity index is 523. The quantitative estimate of drug-likeness (QED) is 0.873. The third-order valence-electron chi connectivity index (χ3n) is 3.54. The van der Waals surface area contributed by atoms with Crippen LogP contribution in [0.3, 0.4) is 0 Å². The molecule has 0 saturated carbocycles. The molecule has 3 heteroatoms. The summed E-state index contributed by atoms with van der Waals surface area (Å²) in [4.78, 5) is 0. The van der Waals surface area contributed by atoms with Crippen LogP contribution < -0.4 is 5.32 Å². The first-order valence-electron chi connectivity index (χ1n) is 6.21. The van der Waals surface area contributed by atoms with E-state index in [1.165, 1.54) is 16.3 Å². The van der Waals surface area contributed by atoms with E-state index in [4.69, 9.17) is 0 Å². The lowest BCUT2D eigenvalue weighted by atomic mass is 9.98. The van der Waals surface area contributed by atoms with Gasteiger partial charge in [-0.3, -0.25) is 0 Å². The highest BCUT2D eigenvalue weighted by molar-refractivity contribution is 5.86. The number of hydrogen-bond donors (Lipinski definition) is 2. The molecule has 0 unspecified atom stereocenters. The van der Waals surface area contributed by atoms with Crippen LogP contribution in [0.15, 0.2) is 42.5 Å². The minimum absolute atomic E-state index is 0. The molecule has 3 rings (SSSR count). The molecule has 0 aliphatic carbocycles. The van der Waals surface area contributed by atoms with Crippen molar-refractivity contribution in [2.45, 2.75) is 25.0 Å². The Morgan fingerprint density at radius 1 is 1.11 bits per heavy atom. The highest BCUT2D eigenvalue weighted by Gasteiger charge is 2.22. The maximum Gasteiger partial charge on any atom is 0.0679 e. The zero-order valence-electron chi connectivity index (χ0n) is 10.2. The SMILES string of the molecule is Cl.O[C@H]1CN[C@H](Cc2cccc3ccccc23)C1. The Balaban J connectivity index is 0.00000120. The van der Waals surface area contributed by atoms with E-state index in [-0.39, 0.29) is 18.5 Å². The molecule has 0 radical (unpaired) electrons. The molecule has 1 fully saturated rings. The predicted octanol–water partition coefficient (Wildman–Crippen LogP) is 2.53. The van der Waals surface area contributed by atoms with E-state index in [1.807, 2.05) is 0 Å². The molecule has 1 aliphatic heterocycles. The number of aliphatic hydroxyl groups is 1. The summed E-state index contributed by atoms with van der Waals surface area (Å²) in [7, 11) is 0. The van der Waals surface area contributed by atoms with Crippen molar-refractivity contribution in [2.75, 3.05) is 6.54 Å². The van der Waals surface area contributed by atoms with E-state index >= 15 is 0 Å². The molecule has 1 heterocycles. The van der Waals surface area contributed by atoms with Crippen molar-refractivity contribution in [3.05, 3.63) is 48.0 Å². The molecule has 0 spiro atoms. The zero-order valence-corrected chi connectivity index (χ0v) is 11.0. The van der Waals surface area contributed by atoms with E-state index in [2.05, 4.69) is 47.8 Å². The van der Waals surface area contributed by atoms with E-state index < -0.39 is 0 Å². The van der Waals surface area contributed by atoms with Crippen molar-refractivity contribution in [1.82, 2.24) is 5.32 Å². The Kier molecular flexibility index (Phi) is 4.23. The van der Waals surface area contributed by atoms with Crippen LogP contribution in [0.4, 0.5) is 0 Å². The van der Waals surface area contributed by atoms with Gasteiger partial charge in [-0.25, -0.2) is 0 Å². The van der Waals surface area contributed by atoms with Gasteiger partial charge in [0.2, 0.25) is 0 Å². The summed E-state index contributed by atoms with van der Waals surface area (Å²) in [5, 5.41) is 15.5. The standard InChI is InChI=1S/C15H17NO.ClH/c17-14-9-13(16-10-14)8-12-6-3-5-11-4-1-2-7-15(11)12;/h1-7,13-14,16-17H,8-10H2;1H/t13-,14-;/m1./s1. The smallest absolute Gasteiger partial charge is 0.0679 e. The molecule has 1 saturated heterocycles. The summed E-state index contributed by atoms with van der Waals surface area (Å²) in [5.41, 5.74) is 1.37. The molecular formula is C15H18ClNO. The molecule has 0 amide bonds. The van der Waals surface area contributed by atoms with Gasteiger partial charge < -0.3 is 10.4 Å². The number of fused-ring (bicyclic) bond motifs is 1.